The molecule has 1 saturated carbocycles. The topological polar surface area (TPSA) is 46.6 Å². The lowest BCUT2D eigenvalue weighted by Gasteiger charge is -2.30. The molecular formula is C18H21Cl2NO3. The molecule has 3 rings (SSSR count). The molecule has 0 unspecified atom stereocenters. The number of likely N-dealkylation sites (tertiary alicyclic amines) is 1. The third kappa shape index (κ3) is 3.55. The first-order chi connectivity index (χ1) is 11.5. The number of hydrogen-bond acceptors (Lipinski definition) is 3. The highest BCUT2D eigenvalue weighted by molar-refractivity contribution is 6.36. The summed E-state index contributed by atoms with van der Waals surface area (Å²) in [6.45, 7) is 0.758. The van der Waals surface area contributed by atoms with Gasteiger partial charge in [-0.1, -0.05) is 23.2 Å². The Balaban J connectivity index is 1.69. The molecule has 130 valence electrons. The number of ether oxygens (including phenoxy) is 1. The largest absolute Gasteiger partial charge is 0.497 e. The van der Waals surface area contributed by atoms with Gasteiger partial charge in [0.05, 0.1) is 7.11 Å². The molecular weight excluding hydrogens is 349 g/mol. The monoisotopic (exact) mass is 369 g/mol. The van der Waals surface area contributed by atoms with Gasteiger partial charge >= 0.3 is 0 Å². The lowest BCUT2D eigenvalue weighted by molar-refractivity contribution is -0.135. The lowest BCUT2D eigenvalue weighted by atomic mass is 9.93. The Morgan fingerprint density at radius 3 is 2.33 bits per heavy atom. The normalized spacial score (nSPS) is 22.3. The number of Topliss-reactive ketones (excluding diaryl/α,β-unsaturated/α-hetero) is 1. The van der Waals surface area contributed by atoms with E-state index in [1.54, 1.807) is 19.2 Å². The molecule has 0 N–H and O–H groups in total. The smallest absolute Gasteiger partial charge is 0.226 e. The van der Waals surface area contributed by atoms with Gasteiger partial charge in [0, 0.05) is 41.4 Å². The van der Waals surface area contributed by atoms with Crippen LogP contribution in [0.2, 0.25) is 10.0 Å². The van der Waals surface area contributed by atoms with Crippen molar-refractivity contribution in [2.75, 3.05) is 13.7 Å². The Kier molecular flexibility index (Phi) is 5.36. The van der Waals surface area contributed by atoms with Crippen LogP contribution in [-0.4, -0.2) is 36.3 Å². The predicted octanol–water partition coefficient (Wildman–Crippen LogP) is 3.90. The minimum atomic E-state index is -0.0916. The van der Waals surface area contributed by atoms with Crippen molar-refractivity contribution in [1.82, 2.24) is 4.90 Å². The Bertz CT molecular complexity index is 629. The van der Waals surface area contributed by atoms with E-state index in [1.165, 1.54) is 0 Å². The molecule has 0 aromatic heterocycles. The van der Waals surface area contributed by atoms with Crippen molar-refractivity contribution in [2.45, 2.75) is 44.6 Å². The predicted molar refractivity (Wildman–Crippen MR) is 93.8 cm³/mol. The number of ketones is 1. The first-order valence-electron chi connectivity index (χ1n) is 8.33. The van der Waals surface area contributed by atoms with E-state index in [0.29, 0.717) is 40.8 Å². The van der Waals surface area contributed by atoms with E-state index in [2.05, 4.69) is 0 Å². The van der Waals surface area contributed by atoms with Crippen LogP contribution in [-0.2, 0) is 16.0 Å². The van der Waals surface area contributed by atoms with Crippen LogP contribution in [0.3, 0.4) is 0 Å². The van der Waals surface area contributed by atoms with Crippen molar-refractivity contribution in [1.29, 1.82) is 0 Å². The number of rotatable bonds is 4. The third-order valence-electron chi connectivity index (χ3n) is 5.11. The Morgan fingerprint density at radius 2 is 1.75 bits per heavy atom. The fourth-order valence-corrected chi connectivity index (χ4v) is 4.31. The summed E-state index contributed by atoms with van der Waals surface area (Å²) in [5.41, 5.74) is 0.804. The zero-order valence-corrected chi connectivity index (χ0v) is 15.2. The van der Waals surface area contributed by atoms with Gasteiger partial charge in [-0.05, 0) is 43.4 Å². The molecule has 2 fully saturated rings. The van der Waals surface area contributed by atoms with Crippen LogP contribution in [0.25, 0.3) is 0 Å². The second-order valence-corrected chi connectivity index (χ2v) is 7.38. The highest BCUT2D eigenvalue weighted by atomic mass is 35.5. The zero-order valence-electron chi connectivity index (χ0n) is 13.7. The van der Waals surface area contributed by atoms with Crippen molar-refractivity contribution in [2.24, 2.45) is 5.92 Å². The average molecular weight is 370 g/mol. The van der Waals surface area contributed by atoms with Crippen molar-refractivity contribution in [3.63, 3.8) is 0 Å². The van der Waals surface area contributed by atoms with E-state index >= 15 is 0 Å². The van der Waals surface area contributed by atoms with E-state index in [-0.39, 0.29) is 17.9 Å². The first kappa shape index (κ1) is 17.6. The summed E-state index contributed by atoms with van der Waals surface area (Å²) in [6, 6.07) is 3.67. The van der Waals surface area contributed by atoms with Gasteiger partial charge in [-0.25, -0.2) is 0 Å². The van der Waals surface area contributed by atoms with Gasteiger partial charge in [0.1, 0.15) is 11.5 Å². The van der Waals surface area contributed by atoms with Crippen molar-refractivity contribution < 1.29 is 14.3 Å². The molecule has 1 amide bonds. The van der Waals surface area contributed by atoms with Gasteiger partial charge in [-0.2, -0.15) is 0 Å². The first-order valence-corrected chi connectivity index (χ1v) is 9.09. The third-order valence-corrected chi connectivity index (χ3v) is 5.78. The fourth-order valence-electron chi connectivity index (χ4n) is 3.69. The zero-order chi connectivity index (χ0) is 17.3. The summed E-state index contributed by atoms with van der Waals surface area (Å²) in [5, 5.41) is 1.07. The van der Waals surface area contributed by atoms with E-state index < -0.39 is 0 Å². The Morgan fingerprint density at radius 1 is 1.12 bits per heavy atom. The van der Waals surface area contributed by atoms with E-state index in [9.17, 15) is 9.59 Å². The van der Waals surface area contributed by atoms with Gasteiger partial charge in [0.2, 0.25) is 5.91 Å². The molecule has 1 aromatic carbocycles. The van der Waals surface area contributed by atoms with Crippen molar-refractivity contribution in [3.05, 3.63) is 27.7 Å². The highest BCUT2D eigenvalue weighted by Gasteiger charge is 2.37. The molecule has 0 spiro atoms. The number of amides is 1. The molecule has 1 saturated heterocycles. The van der Waals surface area contributed by atoms with Crippen molar-refractivity contribution >= 4 is 34.9 Å². The van der Waals surface area contributed by atoms with Gasteiger partial charge in [0.25, 0.3) is 0 Å². The summed E-state index contributed by atoms with van der Waals surface area (Å²) >= 11 is 12.6. The summed E-state index contributed by atoms with van der Waals surface area (Å²) in [6.07, 6.45) is 4.12. The summed E-state index contributed by atoms with van der Waals surface area (Å²) in [7, 11) is 1.56. The summed E-state index contributed by atoms with van der Waals surface area (Å²) in [4.78, 5) is 26.1. The summed E-state index contributed by atoms with van der Waals surface area (Å²) < 4.78 is 5.16. The molecule has 1 aliphatic carbocycles. The molecule has 0 radical (unpaired) electrons. The van der Waals surface area contributed by atoms with Crippen LogP contribution < -0.4 is 4.74 Å². The van der Waals surface area contributed by atoms with E-state index in [0.717, 1.165) is 31.4 Å². The molecule has 0 bridgehead atoms. The molecule has 24 heavy (non-hydrogen) atoms. The molecule has 1 aliphatic heterocycles. The van der Waals surface area contributed by atoms with Crippen LogP contribution >= 0.6 is 23.2 Å². The van der Waals surface area contributed by atoms with E-state index in [4.69, 9.17) is 27.9 Å². The molecule has 1 heterocycles. The number of benzene rings is 1. The fraction of sp³-hybridized carbons (Fsp3) is 0.556. The summed E-state index contributed by atoms with van der Waals surface area (Å²) in [5.74, 6) is 0.995. The van der Waals surface area contributed by atoms with Crippen LogP contribution in [0.5, 0.6) is 5.75 Å². The minimum absolute atomic E-state index is 0.0916. The second kappa shape index (κ2) is 7.32. The Labute approximate surface area is 152 Å². The van der Waals surface area contributed by atoms with Gasteiger partial charge in [-0.15, -0.1) is 0 Å². The maximum Gasteiger partial charge on any atom is 0.226 e. The van der Waals surface area contributed by atoms with Crippen LogP contribution in [0.15, 0.2) is 12.1 Å². The van der Waals surface area contributed by atoms with Crippen molar-refractivity contribution in [3.8, 4) is 5.75 Å². The van der Waals surface area contributed by atoms with Crippen LogP contribution in [0.4, 0.5) is 0 Å². The number of carbonyl (C=O) groups excluding carboxylic acids is 2. The lowest BCUT2D eigenvalue weighted by Crippen LogP contribution is -2.40. The standard InChI is InChI=1S/C18H21Cl2NO3/c1-24-14-9-16(19)15(17(20)10-14)8-11-6-7-21(18(11)23)12-2-4-13(22)5-3-12/h9-12H,2-8H2,1H3/t11-/m1/s1. The van der Waals surface area contributed by atoms with Gasteiger partial charge in [0.15, 0.2) is 0 Å². The number of methoxy groups -OCH3 is 1. The maximum absolute atomic E-state index is 12.8. The molecule has 6 heteroatoms. The maximum atomic E-state index is 12.8. The molecule has 1 atom stereocenters. The number of carbonyl (C=O) groups is 2. The number of nitrogens with zero attached hydrogens (tertiary/aromatic N) is 1. The van der Waals surface area contributed by atoms with Crippen LogP contribution in [0, 0.1) is 5.92 Å². The highest BCUT2D eigenvalue weighted by Crippen LogP contribution is 2.35. The average Bonchev–Trinajstić information content (AvgIpc) is 2.92. The van der Waals surface area contributed by atoms with Crippen LogP contribution in [0.1, 0.15) is 37.7 Å². The number of hydrogen-bond donors (Lipinski definition) is 0. The molecule has 2 aliphatic rings. The SMILES string of the molecule is COc1cc(Cl)c(C[C@H]2CCN(C3CCC(=O)CC3)C2=O)c(Cl)c1. The quantitative estimate of drug-likeness (QED) is 0.808. The van der Waals surface area contributed by atoms with Gasteiger partial charge < -0.3 is 9.64 Å². The second-order valence-electron chi connectivity index (χ2n) is 6.56. The van der Waals surface area contributed by atoms with E-state index in [1.807, 2.05) is 4.90 Å². The van der Waals surface area contributed by atoms with Gasteiger partial charge in [-0.3, -0.25) is 9.59 Å². The Hall–Kier alpha value is -1.26. The minimum Gasteiger partial charge on any atom is -0.497 e. The molecule has 4 nitrogen and oxygen atoms in total. The number of halogens is 2. The molecule has 1 aromatic rings.